The Balaban J connectivity index is 1.34. The maximum atomic E-state index is 12.7. The van der Waals surface area contributed by atoms with Crippen molar-refractivity contribution in [3.8, 4) is 0 Å². The van der Waals surface area contributed by atoms with E-state index in [1.54, 1.807) is 0 Å². The lowest BCUT2D eigenvalue weighted by atomic mass is 9.89. The molecule has 1 amide bonds. The van der Waals surface area contributed by atoms with E-state index in [4.69, 9.17) is 0 Å². The smallest absolute Gasteiger partial charge is 0.222 e. The number of fused-ring (bicyclic) bond motifs is 2. The third-order valence-electron chi connectivity index (χ3n) is 6.08. The number of nitrogens with zero attached hydrogens (tertiary/aromatic N) is 1. The summed E-state index contributed by atoms with van der Waals surface area (Å²) in [6, 6.07) is 2.00. The van der Waals surface area contributed by atoms with Crippen LogP contribution < -0.4 is 5.32 Å². The average molecular weight is 276 g/mol. The first-order valence-electron chi connectivity index (χ1n) is 8.72. The second-order valence-corrected chi connectivity index (χ2v) is 7.85. The molecule has 0 aromatic heterocycles. The minimum Gasteiger partial charge on any atom is -0.342 e. The quantitative estimate of drug-likeness (QED) is 0.837. The van der Waals surface area contributed by atoms with Gasteiger partial charge >= 0.3 is 0 Å². The molecule has 4 fully saturated rings. The van der Waals surface area contributed by atoms with E-state index in [9.17, 15) is 4.79 Å². The van der Waals surface area contributed by atoms with E-state index >= 15 is 0 Å². The Bertz CT molecular complexity index is 364. The lowest BCUT2D eigenvalue weighted by Gasteiger charge is -2.33. The molecule has 2 saturated heterocycles. The molecule has 0 aromatic carbocycles. The van der Waals surface area contributed by atoms with Crippen molar-refractivity contribution in [1.29, 1.82) is 0 Å². The van der Waals surface area contributed by atoms with Crippen molar-refractivity contribution in [2.75, 3.05) is 7.05 Å². The zero-order chi connectivity index (χ0) is 13.7. The monoisotopic (exact) mass is 276 g/mol. The predicted octanol–water partition coefficient (Wildman–Crippen LogP) is 2.55. The van der Waals surface area contributed by atoms with Crippen LogP contribution in [0.3, 0.4) is 0 Å². The lowest BCUT2D eigenvalue weighted by molar-refractivity contribution is -0.134. The highest BCUT2D eigenvalue weighted by molar-refractivity contribution is 5.76. The first-order valence-corrected chi connectivity index (χ1v) is 8.72. The molecule has 2 aliphatic heterocycles. The van der Waals surface area contributed by atoms with Gasteiger partial charge in [-0.15, -0.1) is 0 Å². The van der Waals surface area contributed by atoms with Crippen LogP contribution in [0, 0.1) is 17.8 Å². The summed E-state index contributed by atoms with van der Waals surface area (Å²) in [6.07, 6.45) is 11.4. The van der Waals surface area contributed by atoms with Gasteiger partial charge in [-0.05, 0) is 69.1 Å². The Morgan fingerprint density at radius 2 is 1.60 bits per heavy atom. The van der Waals surface area contributed by atoms with Crippen LogP contribution in [-0.4, -0.2) is 36.0 Å². The summed E-state index contributed by atoms with van der Waals surface area (Å²) in [7, 11) is 2.08. The Labute approximate surface area is 122 Å². The van der Waals surface area contributed by atoms with Gasteiger partial charge in [0.25, 0.3) is 0 Å². The predicted molar refractivity (Wildman–Crippen MR) is 79.3 cm³/mol. The Hall–Kier alpha value is -0.570. The standard InChI is InChI=1S/C17H28N2O/c1-19(17(12-2-3-12)13-4-5-13)16(20)10-11-8-14-6-7-15(9-11)18-14/h11-15,17-18H,2-10H2,1H3. The number of carbonyl (C=O) groups excluding carboxylic acids is 1. The summed E-state index contributed by atoms with van der Waals surface area (Å²) in [4.78, 5) is 14.8. The molecule has 3 heteroatoms. The van der Waals surface area contributed by atoms with Crippen molar-refractivity contribution in [3.63, 3.8) is 0 Å². The van der Waals surface area contributed by atoms with Gasteiger partial charge < -0.3 is 10.2 Å². The third kappa shape index (κ3) is 2.61. The Morgan fingerprint density at radius 3 is 2.10 bits per heavy atom. The second-order valence-electron chi connectivity index (χ2n) is 7.85. The highest BCUT2D eigenvalue weighted by atomic mass is 16.2. The summed E-state index contributed by atoms with van der Waals surface area (Å²) in [6.45, 7) is 0. The van der Waals surface area contributed by atoms with Crippen LogP contribution in [-0.2, 0) is 4.79 Å². The maximum absolute atomic E-state index is 12.7. The van der Waals surface area contributed by atoms with E-state index in [2.05, 4.69) is 17.3 Å². The largest absolute Gasteiger partial charge is 0.342 e. The normalized spacial score (nSPS) is 36.4. The first-order chi connectivity index (χ1) is 9.70. The molecular weight excluding hydrogens is 248 g/mol. The Kier molecular flexibility index (Phi) is 3.29. The number of rotatable bonds is 5. The van der Waals surface area contributed by atoms with E-state index in [0.29, 0.717) is 30.0 Å². The molecule has 2 heterocycles. The van der Waals surface area contributed by atoms with Crippen molar-refractivity contribution < 1.29 is 4.79 Å². The molecule has 2 atom stereocenters. The molecule has 112 valence electrons. The summed E-state index contributed by atoms with van der Waals surface area (Å²) >= 11 is 0. The fraction of sp³-hybridized carbons (Fsp3) is 0.941. The molecule has 3 nitrogen and oxygen atoms in total. The van der Waals surface area contributed by atoms with Gasteiger partial charge in [0.05, 0.1) is 0 Å². The highest BCUT2D eigenvalue weighted by Crippen LogP contribution is 2.47. The van der Waals surface area contributed by atoms with Gasteiger partial charge in [0.2, 0.25) is 5.91 Å². The summed E-state index contributed by atoms with van der Waals surface area (Å²) in [5.74, 6) is 2.74. The van der Waals surface area contributed by atoms with Gasteiger partial charge in [-0.1, -0.05) is 0 Å². The molecule has 0 spiro atoms. The van der Waals surface area contributed by atoms with Crippen molar-refractivity contribution in [3.05, 3.63) is 0 Å². The molecule has 0 aromatic rings. The van der Waals surface area contributed by atoms with Crippen LogP contribution in [0.25, 0.3) is 0 Å². The number of carbonyl (C=O) groups is 1. The minimum atomic E-state index is 0.431. The molecule has 2 aliphatic carbocycles. The number of hydrogen-bond acceptors (Lipinski definition) is 2. The van der Waals surface area contributed by atoms with Crippen molar-refractivity contribution >= 4 is 5.91 Å². The molecule has 0 radical (unpaired) electrons. The van der Waals surface area contributed by atoms with E-state index < -0.39 is 0 Å². The molecule has 2 saturated carbocycles. The summed E-state index contributed by atoms with van der Waals surface area (Å²) < 4.78 is 0. The van der Waals surface area contributed by atoms with Crippen molar-refractivity contribution in [2.24, 2.45) is 17.8 Å². The van der Waals surface area contributed by atoms with Gasteiger partial charge in [0.15, 0.2) is 0 Å². The first kappa shape index (κ1) is 13.1. The van der Waals surface area contributed by atoms with Crippen LogP contribution in [0.4, 0.5) is 0 Å². The fourth-order valence-corrected chi connectivity index (χ4v) is 4.79. The van der Waals surface area contributed by atoms with Crippen LogP contribution in [0.5, 0.6) is 0 Å². The molecule has 1 N–H and O–H groups in total. The second kappa shape index (κ2) is 5.01. The van der Waals surface area contributed by atoms with Crippen LogP contribution in [0.1, 0.15) is 57.8 Å². The van der Waals surface area contributed by atoms with Crippen molar-refractivity contribution in [1.82, 2.24) is 10.2 Å². The van der Waals surface area contributed by atoms with Crippen LogP contribution in [0.15, 0.2) is 0 Å². The molecular formula is C17H28N2O. The average Bonchev–Trinajstić information content (AvgIpc) is 3.31. The molecule has 20 heavy (non-hydrogen) atoms. The number of piperidine rings is 1. The summed E-state index contributed by atoms with van der Waals surface area (Å²) in [5.41, 5.74) is 0. The zero-order valence-electron chi connectivity index (χ0n) is 12.7. The zero-order valence-corrected chi connectivity index (χ0v) is 12.7. The minimum absolute atomic E-state index is 0.431. The third-order valence-corrected chi connectivity index (χ3v) is 6.08. The topological polar surface area (TPSA) is 32.3 Å². The SMILES string of the molecule is CN(C(=O)CC1CC2CCC(C1)N2)C(C1CC1)C1CC1. The molecule has 2 unspecified atom stereocenters. The van der Waals surface area contributed by atoms with Gasteiger partial charge in [0, 0.05) is 31.6 Å². The van der Waals surface area contributed by atoms with E-state index in [0.717, 1.165) is 18.3 Å². The number of nitrogens with one attached hydrogen (secondary N) is 1. The lowest BCUT2D eigenvalue weighted by Crippen LogP contribution is -2.43. The Morgan fingerprint density at radius 1 is 1.05 bits per heavy atom. The molecule has 4 rings (SSSR count). The van der Waals surface area contributed by atoms with E-state index in [1.807, 2.05) is 0 Å². The van der Waals surface area contributed by atoms with Crippen LogP contribution >= 0.6 is 0 Å². The van der Waals surface area contributed by atoms with E-state index in [-0.39, 0.29) is 0 Å². The molecule has 2 bridgehead atoms. The van der Waals surface area contributed by atoms with Gasteiger partial charge in [0.1, 0.15) is 0 Å². The van der Waals surface area contributed by atoms with Gasteiger partial charge in [-0.3, -0.25) is 4.79 Å². The van der Waals surface area contributed by atoms with Crippen LogP contribution in [0.2, 0.25) is 0 Å². The van der Waals surface area contributed by atoms with Gasteiger partial charge in [-0.25, -0.2) is 0 Å². The summed E-state index contributed by atoms with van der Waals surface area (Å²) in [5, 5.41) is 3.68. The number of amides is 1. The molecule has 4 aliphatic rings. The van der Waals surface area contributed by atoms with E-state index in [1.165, 1.54) is 51.4 Å². The van der Waals surface area contributed by atoms with Crippen molar-refractivity contribution in [2.45, 2.75) is 75.9 Å². The maximum Gasteiger partial charge on any atom is 0.222 e. The fourth-order valence-electron chi connectivity index (χ4n) is 4.79. The van der Waals surface area contributed by atoms with Gasteiger partial charge in [-0.2, -0.15) is 0 Å². The number of hydrogen-bond donors (Lipinski definition) is 1. The highest BCUT2D eigenvalue weighted by Gasteiger charge is 2.45.